The molecule has 5 heteroatoms. The van der Waals surface area contributed by atoms with Crippen LogP contribution in [-0.4, -0.2) is 0 Å². The summed E-state index contributed by atoms with van der Waals surface area (Å²) in [6.45, 7) is 6.24. The van der Waals surface area contributed by atoms with Gasteiger partial charge in [0.25, 0.3) is 0 Å². The molecule has 0 heterocycles. The molecule has 0 fully saturated rings. The van der Waals surface area contributed by atoms with Crippen molar-refractivity contribution < 1.29 is 18.4 Å². The minimum Gasteiger partial charge on any atom is -0.449 e. The van der Waals surface area contributed by atoms with E-state index in [-0.39, 0.29) is 0 Å². The molecule has 0 aromatic heterocycles. The van der Waals surface area contributed by atoms with Gasteiger partial charge in [-0.15, -0.1) is 0 Å². The van der Waals surface area contributed by atoms with Crippen LogP contribution in [0.25, 0.3) is 0 Å². The quantitative estimate of drug-likeness (QED) is 0.0846. The van der Waals surface area contributed by atoms with Gasteiger partial charge in [-0.1, -0.05) is 118 Å². The number of hydrogen-bond donors (Lipinski definition) is 0. The summed E-state index contributed by atoms with van der Waals surface area (Å²) in [6, 6.07) is 68.0. The van der Waals surface area contributed by atoms with Crippen molar-refractivity contribution in [2.24, 2.45) is 0 Å². The third-order valence-corrected chi connectivity index (χ3v) is 13.6. The number of aryl methyl sites for hydroxylation is 3. The Morgan fingerprint density at radius 2 is 0.700 bits per heavy atom. The number of rotatable bonds is 8. The first kappa shape index (κ1) is 37.4. The smallest absolute Gasteiger partial charge is 0.170 e. The van der Waals surface area contributed by atoms with Crippen molar-refractivity contribution in [2.75, 3.05) is 0 Å². The van der Waals surface area contributed by atoms with Crippen molar-refractivity contribution in [1.82, 2.24) is 0 Å². The summed E-state index contributed by atoms with van der Waals surface area (Å²) < 4.78 is 6.94. The number of benzene rings is 7. The van der Waals surface area contributed by atoms with Gasteiger partial charge < -0.3 is 4.74 Å². The average molecular weight is 798 g/mol. The second kappa shape index (κ2) is 19.5. The van der Waals surface area contributed by atoms with E-state index >= 15 is 0 Å². The molecular weight excluding hydrogens is 757 g/mol. The Morgan fingerprint density at radius 3 is 1.00 bits per heavy atom. The minimum atomic E-state index is -1.28. The SMILES string of the molecule is Cc1[c-]c(C)cc(C)c1.[Ni][Br].c1ccc([PH+](c2ccccc2)c2ccccc2Oc2ccccc2[PH+](c2ccccc2)c2ccccc2)cc1. The predicted octanol–water partition coefficient (Wildman–Crippen LogP) is 9.72. The Kier molecular flexibility index (Phi) is 14.6. The first-order chi connectivity index (χ1) is 24.6. The molecule has 7 aromatic carbocycles. The molecule has 0 unspecified atom stereocenters. The van der Waals surface area contributed by atoms with Crippen molar-refractivity contribution in [2.45, 2.75) is 20.8 Å². The summed E-state index contributed by atoms with van der Waals surface area (Å²) in [5.74, 6) is 1.85. The van der Waals surface area contributed by atoms with Gasteiger partial charge in [0.15, 0.2) is 11.5 Å². The third-order valence-electron chi connectivity index (χ3n) is 8.07. The summed E-state index contributed by atoms with van der Waals surface area (Å²) in [6.07, 6.45) is 0. The van der Waals surface area contributed by atoms with Gasteiger partial charge in [-0.2, -0.15) is 34.9 Å². The molecule has 253 valence electrons. The molecule has 0 radical (unpaired) electrons. The van der Waals surface area contributed by atoms with E-state index < -0.39 is 15.8 Å². The molecule has 0 spiro atoms. The Bertz CT molecular complexity index is 1790. The van der Waals surface area contributed by atoms with Crippen LogP contribution >= 0.6 is 30.1 Å². The van der Waals surface area contributed by atoms with Crippen LogP contribution in [-0.2, 0) is 13.7 Å². The van der Waals surface area contributed by atoms with E-state index in [9.17, 15) is 0 Å². The Balaban J connectivity index is 0.000000382. The first-order valence-electron chi connectivity index (χ1n) is 16.5. The van der Waals surface area contributed by atoms with E-state index in [1.807, 2.05) is 0 Å². The molecule has 0 aliphatic heterocycles. The van der Waals surface area contributed by atoms with Crippen LogP contribution in [0.4, 0.5) is 0 Å². The van der Waals surface area contributed by atoms with Crippen molar-refractivity contribution in [3.63, 3.8) is 0 Å². The third kappa shape index (κ3) is 10.1. The Labute approximate surface area is 315 Å². The second-order valence-corrected chi connectivity index (χ2v) is 16.7. The molecule has 0 saturated carbocycles. The van der Waals surface area contributed by atoms with Gasteiger partial charge in [0, 0.05) is 0 Å². The molecule has 0 saturated heterocycles. The Hall–Kier alpha value is -3.83. The van der Waals surface area contributed by atoms with Crippen LogP contribution in [0.1, 0.15) is 16.7 Å². The number of halogens is 1. The number of ether oxygens (including phenoxy) is 1. The zero-order valence-corrected chi connectivity index (χ0v) is 33.0. The molecule has 0 aliphatic carbocycles. The fraction of sp³-hybridized carbons (Fsp3) is 0.0667. The fourth-order valence-electron chi connectivity index (χ4n) is 6.13. The molecule has 0 atom stereocenters. The van der Waals surface area contributed by atoms with Gasteiger partial charge in [0.2, 0.25) is 0 Å². The van der Waals surface area contributed by atoms with Gasteiger partial charge in [-0.3, -0.25) is 0 Å². The summed E-state index contributed by atoms with van der Waals surface area (Å²) in [7, 11) is -2.56. The molecule has 7 aromatic rings. The van der Waals surface area contributed by atoms with E-state index in [4.69, 9.17) is 4.74 Å². The monoisotopic (exact) mass is 796 g/mol. The summed E-state index contributed by atoms with van der Waals surface area (Å²) in [5, 5.41) is 7.88. The van der Waals surface area contributed by atoms with E-state index in [0.29, 0.717) is 0 Å². The molecule has 0 N–H and O–H groups in total. The summed E-state index contributed by atoms with van der Waals surface area (Å²) >= 11 is 6.25. The van der Waals surface area contributed by atoms with Gasteiger partial charge >= 0.3 is 27.9 Å². The fourth-order valence-corrected chi connectivity index (χ4v) is 11.4. The maximum atomic E-state index is 6.94. The van der Waals surface area contributed by atoms with E-state index in [1.54, 1.807) is 0 Å². The van der Waals surface area contributed by atoms with Crippen LogP contribution in [0.3, 0.4) is 0 Å². The van der Waals surface area contributed by atoms with Gasteiger partial charge in [-0.05, 0) is 72.8 Å². The van der Waals surface area contributed by atoms with Crippen molar-refractivity contribution >= 4 is 61.9 Å². The summed E-state index contributed by atoms with van der Waals surface area (Å²) in [4.78, 5) is 0. The van der Waals surface area contributed by atoms with E-state index in [2.05, 4.69) is 237 Å². The van der Waals surface area contributed by atoms with Crippen molar-refractivity contribution in [3.8, 4) is 11.5 Å². The molecule has 7 rings (SSSR count). The van der Waals surface area contributed by atoms with E-state index in [0.717, 1.165) is 11.5 Å². The molecule has 50 heavy (non-hydrogen) atoms. The average Bonchev–Trinajstić information content (AvgIpc) is 3.16. The molecular formula is C45H41BrNiOP2+. The predicted molar refractivity (Wildman–Crippen MR) is 222 cm³/mol. The van der Waals surface area contributed by atoms with Crippen LogP contribution in [0.2, 0.25) is 0 Å². The topological polar surface area (TPSA) is 9.23 Å². The molecule has 0 aliphatic rings. The molecule has 0 amide bonds. The summed E-state index contributed by atoms with van der Waals surface area (Å²) in [5.41, 5.74) is 3.78. The first-order valence-corrected chi connectivity index (χ1v) is 21.9. The minimum absolute atomic E-state index is 0.925. The van der Waals surface area contributed by atoms with Crippen molar-refractivity contribution in [3.05, 3.63) is 205 Å². The molecule has 1 nitrogen and oxygen atoms in total. The maximum absolute atomic E-state index is 6.94. The zero-order valence-electron chi connectivity index (χ0n) is 28.4. The maximum Gasteiger partial charge on any atom is 0.170 e. The van der Waals surface area contributed by atoms with Crippen LogP contribution < -0.4 is 36.6 Å². The Morgan fingerprint density at radius 1 is 0.420 bits per heavy atom. The van der Waals surface area contributed by atoms with Gasteiger partial charge in [-0.25, -0.2) is 0 Å². The van der Waals surface area contributed by atoms with Crippen LogP contribution in [0.15, 0.2) is 182 Å². The zero-order chi connectivity index (χ0) is 35.1. The normalized spacial score (nSPS) is 10.5. The standard InChI is InChI=1S/C36H28OP2.C9H11.BrH.Ni/c1-5-17-29(18-6-1)38(30-19-7-2-8-20-30)35-27-15-13-25-33(35)37-34-26-14-16-28-36(34)39(31-21-9-3-10-22-31)32-23-11-4-12-24-32;1-7-4-8(2)6-9(3)5-7;;/h1-28H;4-5H,1-3H3;1H;/q;-1;;+1/p+1. The van der Waals surface area contributed by atoms with Gasteiger partial charge in [0.1, 0.15) is 47.7 Å². The van der Waals surface area contributed by atoms with Crippen molar-refractivity contribution in [1.29, 1.82) is 0 Å². The largest absolute Gasteiger partial charge is 0.449 e. The van der Waals surface area contributed by atoms with Crippen LogP contribution in [0, 0.1) is 26.8 Å². The number of para-hydroxylation sites is 2. The number of hydrogen-bond acceptors (Lipinski definition) is 1. The van der Waals surface area contributed by atoms with Gasteiger partial charge in [0.05, 0.1) is 0 Å². The van der Waals surface area contributed by atoms with Crippen LogP contribution in [0.5, 0.6) is 11.5 Å². The molecule has 0 bridgehead atoms. The second-order valence-electron chi connectivity index (χ2n) is 11.8. The van der Waals surface area contributed by atoms with E-state index in [1.165, 1.54) is 48.5 Å².